The molecular weight excluding hydrogens is 390 g/mol. The third-order valence-electron chi connectivity index (χ3n) is 5.45. The normalized spacial score (nSPS) is 11.0. The average Bonchev–Trinajstić information content (AvgIpc) is 2.77. The van der Waals surface area contributed by atoms with Crippen molar-refractivity contribution in [3.63, 3.8) is 0 Å². The van der Waals surface area contributed by atoms with Crippen molar-refractivity contribution in [3.05, 3.63) is 83.9 Å². The van der Waals surface area contributed by atoms with Crippen molar-refractivity contribution in [2.75, 3.05) is 0 Å². The van der Waals surface area contributed by atoms with Crippen LogP contribution in [0.2, 0.25) is 0 Å². The minimum Gasteiger partial charge on any atom is -0.481 e. The molecule has 0 radical (unpaired) electrons. The monoisotopic (exact) mass is 414 g/mol. The zero-order valence-corrected chi connectivity index (χ0v) is 17.4. The summed E-state index contributed by atoms with van der Waals surface area (Å²) in [4.78, 5) is 24.2. The first kappa shape index (κ1) is 20.5. The maximum atomic E-state index is 13.3. The first-order valence-electron chi connectivity index (χ1n) is 10.4. The van der Waals surface area contributed by atoms with Crippen LogP contribution >= 0.6 is 0 Å². The van der Waals surface area contributed by atoms with Crippen LogP contribution < -0.4 is 9.30 Å². The van der Waals surface area contributed by atoms with Gasteiger partial charge in [0, 0.05) is 25.0 Å². The van der Waals surface area contributed by atoms with Crippen molar-refractivity contribution in [1.29, 1.82) is 0 Å². The predicted molar refractivity (Wildman–Crippen MR) is 119 cm³/mol. The summed E-state index contributed by atoms with van der Waals surface area (Å²) in [6.07, 6.45) is 1.48. The molecule has 0 saturated carbocycles. The number of aliphatic carboxylic acids is 1. The fourth-order valence-electron chi connectivity index (χ4n) is 3.94. The Morgan fingerprint density at radius 3 is 2.03 bits per heavy atom. The quantitative estimate of drug-likeness (QED) is 0.151. The third-order valence-corrected chi connectivity index (χ3v) is 5.45. The van der Waals surface area contributed by atoms with Gasteiger partial charge in [0.05, 0.1) is 16.3 Å². The smallest absolute Gasteiger partial charge is 0.345 e. The van der Waals surface area contributed by atoms with Gasteiger partial charge in [0.2, 0.25) is 11.0 Å². The lowest BCUT2D eigenvalue weighted by Gasteiger charge is -2.12. The Kier molecular flexibility index (Phi) is 5.94. The summed E-state index contributed by atoms with van der Waals surface area (Å²) >= 11 is 0. The highest BCUT2D eigenvalue weighted by Gasteiger charge is 2.25. The maximum Gasteiger partial charge on any atom is 0.345 e. The van der Waals surface area contributed by atoms with Gasteiger partial charge in [-0.1, -0.05) is 42.5 Å². The highest BCUT2D eigenvalue weighted by molar-refractivity contribution is 6.13. The Balaban J connectivity index is 1.82. The minimum atomic E-state index is -0.783. The number of fused-ring (bicyclic) bond motifs is 2. The van der Waals surface area contributed by atoms with E-state index in [4.69, 9.17) is 9.84 Å². The fourth-order valence-corrected chi connectivity index (χ4v) is 3.94. The molecule has 0 fully saturated rings. The Bertz CT molecular complexity index is 1220. The summed E-state index contributed by atoms with van der Waals surface area (Å²) in [6, 6.07) is 23.0. The number of esters is 1. The predicted octanol–water partition coefficient (Wildman–Crippen LogP) is 5.06. The summed E-state index contributed by atoms with van der Waals surface area (Å²) in [5.41, 5.74) is 3.28. The lowest BCUT2D eigenvalue weighted by Crippen LogP contribution is -2.36. The number of benzene rings is 3. The molecule has 3 aromatic carbocycles. The number of rotatable bonds is 7. The molecule has 4 rings (SSSR count). The molecule has 1 heterocycles. The van der Waals surface area contributed by atoms with Gasteiger partial charge in [-0.05, 0) is 37.1 Å². The van der Waals surface area contributed by atoms with E-state index in [-0.39, 0.29) is 12.4 Å². The number of aromatic nitrogens is 1. The number of para-hydroxylation sites is 3. The number of hydrogen-bond acceptors (Lipinski definition) is 3. The standard InChI is InChI=1S/C26H23NO4/c1-18-10-2-7-15-23(18)31-26(30)25-19-11-3-5-13-21(19)27(17-9-8-16-24(28)29)22-14-6-4-12-20(22)25/h2-7,10-15H,8-9,16-17H2,1H3/p+1. The Hall–Kier alpha value is -3.73. The van der Waals surface area contributed by atoms with Crippen LogP contribution in [0, 0.1) is 6.92 Å². The number of aryl methyl sites for hydroxylation is 2. The Morgan fingerprint density at radius 2 is 1.42 bits per heavy atom. The van der Waals surface area contributed by atoms with Crippen LogP contribution in [0.15, 0.2) is 72.8 Å². The van der Waals surface area contributed by atoms with E-state index in [0.29, 0.717) is 24.3 Å². The van der Waals surface area contributed by atoms with Gasteiger partial charge < -0.3 is 9.84 Å². The van der Waals surface area contributed by atoms with Gasteiger partial charge in [-0.25, -0.2) is 4.79 Å². The Labute approximate surface area is 180 Å². The second kappa shape index (κ2) is 8.96. The van der Waals surface area contributed by atoms with Crippen LogP contribution in [0.5, 0.6) is 5.75 Å². The van der Waals surface area contributed by atoms with Gasteiger partial charge in [-0.3, -0.25) is 4.79 Å². The first-order valence-corrected chi connectivity index (χ1v) is 10.4. The summed E-state index contributed by atoms with van der Waals surface area (Å²) in [7, 11) is 0. The number of carboxylic acids is 1. The summed E-state index contributed by atoms with van der Waals surface area (Å²) < 4.78 is 7.96. The van der Waals surface area contributed by atoms with E-state index in [2.05, 4.69) is 4.57 Å². The van der Waals surface area contributed by atoms with E-state index >= 15 is 0 Å². The zero-order valence-electron chi connectivity index (χ0n) is 17.4. The minimum absolute atomic E-state index is 0.150. The van der Waals surface area contributed by atoms with Gasteiger partial charge in [0.15, 0.2) is 0 Å². The number of carboxylic acid groups (broad SMARTS) is 1. The van der Waals surface area contributed by atoms with Gasteiger partial charge in [0.25, 0.3) is 0 Å². The van der Waals surface area contributed by atoms with E-state index in [9.17, 15) is 9.59 Å². The molecule has 0 atom stereocenters. The Morgan fingerprint density at radius 1 is 0.839 bits per heavy atom. The molecule has 0 aliphatic carbocycles. The summed E-state index contributed by atoms with van der Waals surface area (Å²) in [6.45, 7) is 2.58. The molecule has 31 heavy (non-hydrogen) atoms. The number of unbranched alkanes of at least 4 members (excludes halogenated alkanes) is 1. The second-order valence-corrected chi connectivity index (χ2v) is 7.57. The summed E-state index contributed by atoms with van der Waals surface area (Å²) in [5, 5.41) is 10.6. The molecule has 0 aliphatic heterocycles. The number of hydrogen-bond donors (Lipinski definition) is 1. The average molecular weight is 414 g/mol. The second-order valence-electron chi connectivity index (χ2n) is 7.57. The van der Waals surface area contributed by atoms with Crippen LogP contribution in [-0.2, 0) is 11.3 Å². The number of nitrogens with zero attached hydrogens (tertiary/aromatic N) is 1. The van der Waals surface area contributed by atoms with E-state index in [1.54, 1.807) is 6.07 Å². The molecule has 4 aromatic rings. The molecule has 0 amide bonds. The van der Waals surface area contributed by atoms with Crippen LogP contribution in [0.25, 0.3) is 21.8 Å². The first-order chi connectivity index (χ1) is 15.1. The molecule has 0 unspecified atom stereocenters. The van der Waals surface area contributed by atoms with Crippen LogP contribution in [0.1, 0.15) is 35.2 Å². The molecule has 0 bridgehead atoms. The van der Waals surface area contributed by atoms with Crippen LogP contribution in [0.3, 0.4) is 0 Å². The lowest BCUT2D eigenvalue weighted by atomic mass is 10.0. The molecule has 5 nitrogen and oxygen atoms in total. The highest BCUT2D eigenvalue weighted by Crippen LogP contribution is 2.27. The van der Waals surface area contributed by atoms with E-state index < -0.39 is 5.97 Å². The van der Waals surface area contributed by atoms with Crippen molar-refractivity contribution in [2.24, 2.45) is 0 Å². The van der Waals surface area contributed by atoms with Crippen LogP contribution in [0.4, 0.5) is 0 Å². The van der Waals surface area contributed by atoms with Crippen molar-refractivity contribution in [3.8, 4) is 5.75 Å². The molecule has 156 valence electrons. The molecule has 0 spiro atoms. The van der Waals surface area contributed by atoms with Gasteiger partial charge in [0.1, 0.15) is 12.3 Å². The van der Waals surface area contributed by atoms with Crippen molar-refractivity contribution >= 4 is 33.7 Å². The van der Waals surface area contributed by atoms with Crippen molar-refractivity contribution < 1.29 is 24.0 Å². The largest absolute Gasteiger partial charge is 0.481 e. The van der Waals surface area contributed by atoms with Gasteiger partial charge in [-0.2, -0.15) is 4.57 Å². The van der Waals surface area contributed by atoms with Crippen molar-refractivity contribution in [1.82, 2.24) is 0 Å². The van der Waals surface area contributed by atoms with Gasteiger partial charge in [-0.15, -0.1) is 0 Å². The number of ether oxygens (including phenoxy) is 1. The topological polar surface area (TPSA) is 67.5 Å². The molecule has 5 heteroatoms. The van der Waals surface area contributed by atoms with E-state index in [0.717, 1.165) is 33.8 Å². The van der Waals surface area contributed by atoms with Gasteiger partial charge >= 0.3 is 11.9 Å². The molecular formula is C26H24NO4+. The molecule has 0 aliphatic rings. The maximum absolute atomic E-state index is 13.3. The fraction of sp³-hybridized carbons (Fsp3) is 0.192. The number of carbonyl (C=O) groups excluding carboxylic acids is 1. The third kappa shape index (κ3) is 4.26. The van der Waals surface area contributed by atoms with Crippen molar-refractivity contribution in [2.45, 2.75) is 32.7 Å². The molecule has 1 aromatic heterocycles. The zero-order chi connectivity index (χ0) is 21.8. The highest BCUT2D eigenvalue weighted by atomic mass is 16.5. The SMILES string of the molecule is Cc1ccccc1OC(=O)c1c2ccccc2[n+](CCCCC(=O)O)c2ccccc12. The number of pyridine rings is 1. The summed E-state index contributed by atoms with van der Waals surface area (Å²) in [5.74, 6) is -0.625. The van der Waals surface area contributed by atoms with E-state index in [1.807, 2.05) is 73.7 Å². The van der Waals surface area contributed by atoms with Crippen LogP contribution in [-0.4, -0.2) is 17.0 Å². The number of carbonyl (C=O) groups is 2. The molecule has 1 N–H and O–H groups in total. The molecule has 0 saturated heterocycles. The lowest BCUT2D eigenvalue weighted by molar-refractivity contribution is -0.645. The van der Waals surface area contributed by atoms with E-state index in [1.165, 1.54) is 0 Å².